The molecule has 0 aromatic rings. The Labute approximate surface area is 64.6 Å². The van der Waals surface area contributed by atoms with Crippen LogP contribution in [0.25, 0.3) is 0 Å². The molecule has 1 aliphatic rings. The lowest BCUT2D eigenvalue weighted by Gasteiger charge is -2.23. The Balaban J connectivity index is 2.61. The first-order valence-electron chi connectivity index (χ1n) is 3.61. The summed E-state index contributed by atoms with van der Waals surface area (Å²) < 4.78 is 0. The van der Waals surface area contributed by atoms with Crippen LogP contribution in [0.4, 0.5) is 0 Å². The van der Waals surface area contributed by atoms with Gasteiger partial charge in [-0.2, -0.15) is 0 Å². The average molecular weight is 157 g/mol. The number of rotatable bonds is 1. The molecule has 11 heavy (non-hydrogen) atoms. The molecule has 2 N–H and O–H groups in total. The topological polar surface area (TPSA) is 66.4 Å². The van der Waals surface area contributed by atoms with Gasteiger partial charge < -0.3 is 10.4 Å². The van der Waals surface area contributed by atoms with Gasteiger partial charge in [-0.15, -0.1) is 0 Å². The number of hydrogen-bond donors (Lipinski definition) is 2. The van der Waals surface area contributed by atoms with E-state index in [1.54, 1.807) is 0 Å². The van der Waals surface area contributed by atoms with E-state index in [1.807, 2.05) is 6.92 Å². The van der Waals surface area contributed by atoms with Gasteiger partial charge in [0.1, 0.15) is 5.92 Å². The van der Waals surface area contributed by atoms with E-state index < -0.39 is 11.9 Å². The molecule has 1 heterocycles. The van der Waals surface area contributed by atoms with Crippen molar-refractivity contribution in [1.82, 2.24) is 5.32 Å². The standard InChI is InChI=1S/C7H11NO3/c1-4-2-5(7(10)11)6(9)8-3-4/h4-5H,2-3H2,1H3,(H,8,9)(H,10,11)/t4-,5+/m0/s1. The summed E-state index contributed by atoms with van der Waals surface area (Å²) in [5.74, 6) is -1.93. The predicted molar refractivity (Wildman–Crippen MR) is 37.9 cm³/mol. The first kappa shape index (κ1) is 8.04. The lowest BCUT2D eigenvalue weighted by Crippen LogP contribution is -2.43. The van der Waals surface area contributed by atoms with E-state index >= 15 is 0 Å². The molecule has 4 heteroatoms. The fourth-order valence-electron chi connectivity index (χ4n) is 1.20. The molecular weight excluding hydrogens is 146 g/mol. The zero-order chi connectivity index (χ0) is 8.43. The first-order valence-corrected chi connectivity index (χ1v) is 3.61. The number of amides is 1. The lowest BCUT2D eigenvalue weighted by molar-refractivity contribution is -0.149. The Morgan fingerprint density at radius 3 is 2.82 bits per heavy atom. The predicted octanol–water partition coefficient (Wildman–Crippen LogP) is -0.157. The number of piperidine rings is 1. The molecule has 0 radical (unpaired) electrons. The van der Waals surface area contributed by atoms with Crippen molar-refractivity contribution in [3.05, 3.63) is 0 Å². The van der Waals surface area contributed by atoms with Gasteiger partial charge >= 0.3 is 5.97 Å². The third-order valence-corrected chi connectivity index (χ3v) is 1.88. The Hall–Kier alpha value is -1.06. The summed E-state index contributed by atoms with van der Waals surface area (Å²) in [5.41, 5.74) is 0. The minimum Gasteiger partial charge on any atom is -0.481 e. The lowest BCUT2D eigenvalue weighted by atomic mass is 9.91. The molecule has 62 valence electrons. The molecule has 1 saturated heterocycles. The van der Waals surface area contributed by atoms with Crippen LogP contribution in [0.2, 0.25) is 0 Å². The van der Waals surface area contributed by atoms with Crippen molar-refractivity contribution in [2.75, 3.05) is 6.54 Å². The van der Waals surface area contributed by atoms with Gasteiger partial charge in [-0.3, -0.25) is 9.59 Å². The molecular formula is C7H11NO3. The molecule has 0 aliphatic carbocycles. The highest BCUT2D eigenvalue weighted by atomic mass is 16.4. The maximum atomic E-state index is 10.9. The van der Waals surface area contributed by atoms with Gasteiger partial charge in [-0.25, -0.2) is 0 Å². The monoisotopic (exact) mass is 157 g/mol. The summed E-state index contributed by atoms with van der Waals surface area (Å²) in [7, 11) is 0. The van der Waals surface area contributed by atoms with E-state index in [4.69, 9.17) is 5.11 Å². The van der Waals surface area contributed by atoms with Crippen LogP contribution in [-0.4, -0.2) is 23.5 Å². The van der Waals surface area contributed by atoms with E-state index in [0.717, 1.165) is 0 Å². The summed E-state index contributed by atoms with van der Waals surface area (Å²) >= 11 is 0. The molecule has 1 rings (SSSR count). The van der Waals surface area contributed by atoms with Crippen molar-refractivity contribution < 1.29 is 14.7 Å². The van der Waals surface area contributed by atoms with E-state index in [9.17, 15) is 9.59 Å². The quantitative estimate of drug-likeness (QED) is 0.520. The Kier molecular flexibility index (Phi) is 2.12. The molecule has 1 fully saturated rings. The number of aliphatic carboxylic acids is 1. The van der Waals surface area contributed by atoms with Crippen LogP contribution in [0.1, 0.15) is 13.3 Å². The largest absolute Gasteiger partial charge is 0.481 e. The fraction of sp³-hybridized carbons (Fsp3) is 0.714. The number of nitrogens with one attached hydrogen (secondary N) is 1. The summed E-state index contributed by atoms with van der Waals surface area (Å²) in [6, 6.07) is 0. The van der Waals surface area contributed by atoms with Gasteiger partial charge in [-0.1, -0.05) is 6.92 Å². The molecule has 0 spiro atoms. The van der Waals surface area contributed by atoms with Gasteiger partial charge in [0, 0.05) is 6.54 Å². The SMILES string of the molecule is C[C@@H]1CNC(=O)[C@H](C(=O)O)C1. The van der Waals surface area contributed by atoms with Crippen LogP contribution in [0.5, 0.6) is 0 Å². The van der Waals surface area contributed by atoms with Crippen molar-refractivity contribution in [3.8, 4) is 0 Å². The van der Waals surface area contributed by atoms with Crippen LogP contribution in [0.3, 0.4) is 0 Å². The third-order valence-electron chi connectivity index (χ3n) is 1.88. The highest BCUT2D eigenvalue weighted by Gasteiger charge is 2.31. The molecule has 0 unspecified atom stereocenters. The molecule has 0 bridgehead atoms. The van der Waals surface area contributed by atoms with Crippen molar-refractivity contribution in [1.29, 1.82) is 0 Å². The molecule has 0 aromatic heterocycles. The van der Waals surface area contributed by atoms with Crippen LogP contribution in [0.15, 0.2) is 0 Å². The number of carbonyl (C=O) groups is 2. The highest BCUT2D eigenvalue weighted by molar-refractivity contribution is 5.97. The molecule has 1 amide bonds. The number of carboxylic acids is 1. The second kappa shape index (κ2) is 2.90. The number of hydrogen-bond acceptors (Lipinski definition) is 2. The smallest absolute Gasteiger partial charge is 0.316 e. The summed E-state index contributed by atoms with van der Waals surface area (Å²) in [6.45, 7) is 2.53. The van der Waals surface area contributed by atoms with Crippen LogP contribution < -0.4 is 5.32 Å². The van der Waals surface area contributed by atoms with Crippen molar-refractivity contribution in [3.63, 3.8) is 0 Å². The van der Waals surface area contributed by atoms with Gasteiger partial charge in [0.2, 0.25) is 5.91 Å². The van der Waals surface area contributed by atoms with Crippen molar-refractivity contribution >= 4 is 11.9 Å². The fourth-order valence-corrected chi connectivity index (χ4v) is 1.20. The second-order valence-electron chi connectivity index (χ2n) is 2.98. The summed E-state index contributed by atoms with van der Waals surface area (Å²) in [5, 5.41) is 11.1. The molecule has 2 atom stereocenters. The molecule has 1 aliphatic heterocycles. The van der Waals surface area contributed by atoms with Gasteiger partial charge in [-0.05, 0) is 12.3 Å². The maximum absolute atomic E-state index is 10.9. The summed E-state index contributed by atoms with van der Waals surface area (Å²) in [4.78, 5) is 21.3. The number of carbonyl (C=O) groups excluding carboxylic acids is 1. The average Bonchev–Trinajstić information content (AvgIpc) is 1.94. The van der Waals surface area contributed by atoms with Crippen LogP contribution in [0, 0.1) is 11.8 Å². The van der Waals surface area contributed by atoms with Crippen molar-refractivity contribution in [2.24, 2.45) is 11.8 Å². The Morgan fingerprint density at radius 2 is 2.36 bits per heavy atom. The Morgan fingerprint density at radius 1 is 1.73 bits per heavy atom. The van der Waals surface area contributed by atoms with E-state index in [-0.39, 0.29) is 11.8 Å². The van der Waals surface area contributed by atoms with Gasteiger partial charge in [0.15, 0.2) is 0 Å². The van der Waals surface area contributed by atoms with Crippen molar-refractivity contribution in [2.45, 2.75) is 13.3 Å². The normalized spacial score (nSPS) is 31.2. The zero-order valence-corrected chi connectivity index (χ0v) is 6.33. The molecule has 0 aromatic carbocycles. The minimum atomic E-state index is -1.02. The van der Waals surface area contributed by atoms with Crippen LogP contribution in [-0.2, 0) is 9.59 Å². The van der Waals surface area contributed by atoms with Crippen LogP contribution >= 0.6 is 0 Å². The van der Waals surface area contributed by atoms with E-state index in [1.165, 1.54) is 0 Å². The highest BCUT2D eigenvalue weighted by Crippen LogP contribution is 2.16. The van der Waals surface area contributed by atoms with E-state index in [0.29, 0.717) is 13.0 Å². The van der Waals surface area contributed by atoms with E-state index in [2.05, 4.69) is 5.32 Å². The van der Waals surface area contributed by atoms with Gasteiger partial charge in [0.25, 0.3) is 0 Å². The Bertz CT molecular complexity index is 190. The minimum absolute atomic E-state index is 0.272. The second-order valence-corrected chi connectivity index (χ2v) is 2.98. The maximum Gasteiger partial charge on any atom is 0.316 e. The summed E-state index contributed by atoms with van der Waals surface area (Å²) in [6.07, 6.45) is 0.459. The molecule has 4 nitrogen and oxygen atoms in total. The zero-order valence-electron chi connectivity index (χ0n) is 6.33. The third kappa shape index (κ3) is 1.69. The first-order chi connectivity index (χ1) is 5.11. The molecule has 0 saturated carbocycles. The van der Waals surface area contributed by atoms with Gasteiger partial charge in [0.05, 0.1) is 0 Å². The number of carboxylic acid groups (broad SMARTS) is 1.